The maximum absolute atomic E-state index is 11.1. The number of hydrazone groups is 1. The fourth-order valence-electron chi connectivity index (χ4n) is 2.79. The Morgan fingerprint density at radius 3 is 2.57 bits per heavy atom. The van der Waals surface area contributed by atoms with Crippen molar-refractivity contribution in [3.63, 3.8) is 0 Å². The number of carbonyl (C=O) groups is 1. The van der Waals surface area contributed by atoms with Crippen LogP contribution in [0.25, 0.3) is 11.1 Å². The highest BCUT2D eigenvalue weighted by molar-refractivity contribution is 7.80. The number of nitrogens with one attached hydrogen (secondary N) is 2. The molecule has 0 amide bonds. The summed E-state index contributed by atoms with van der Waals surface area (Å²) >= 11 is 11.2. The summed E-state index contributed by atoms with van der Waals surface area (Å²) in [6.45, 7) is 0. The smallest absolute Gasteiger partial charge is 0.335 e. The van der Waals surface area contributed by atoms with E-state index in [-0.39, 0.29) is 10.7 Å². The van der Waals surface area contributed by atoms with Crippen LogP contribution in [0.2, 0.25) is 5.02 Å². The van der Waals surface area contributed by atoms with Gasteiger partial charge < -0.3 is 15.2 Å². The summed E-state index contributed by atoms with van der Waals surface area (Å²) in [4.78, 5) is 11.1. The topological polar surface area (TPSA) is 83.0 Å². The second kappa shape index (κ2) is 9.87. The van der Waals surface area contributed by atoms with Gasteiger partial charge in [-0.15, -0.1) is 0 Å². The summed E-state index contributed by atoms with van der Waals surface area (Å²) in [5.74, 6) is -0.346. The molecule has 0 fully saturated rings. The molecule has 152 valence electrons. The summed E-state index contributed by atoms with van der Waals surface area (Å²) in [5.41, 5.74) is 6.06. The van der Waals surface area contributed by atoms with E-state index in [9.17, 15) is 4.79 Å². The lowest BCUT2D eigenvalue weighted by atomic mass is 10.0. The lowest BCUT2D eigenvalue weighted by Gasteiger charge is -2.12. The first-order valence-electron chi connectivity index (χ1n) is 8.84. The summed E-state index contributed by atoms with van der Waals surface area (Å²) in [6, 6.07) is 19.5. The van der Waals surface area contributed by atoms with Crippen molar-refractivity contribution in [1.29, 1.82) is 0 Å². The van der Waals surface area contributed by atoms with Crippen LogP contribution >= 0.6 is 23.8 Å². The van der Waals surface area contributed by atoms with Crippen LogP contribution < -0.4 is 15.5 Å². The van der Waals surface area contributed by atoms with Crippen molar-refractivity contribution in [3.05, 3.63) is 82.9 Å². The maximum atomic E-state index is 11.1. The number of halogens is 1. The first-order chi connectivity index (χ1) is 14.5. The van der Waals surface area contributed by atoms with Crippen LogP contribution in [0.5, 0.6) is 5.75 Å². The normalized spacial score (nSPS) is 10.6. The molecule has 0 bridgehead atoms. The van der Waals surface area contributed by atoms with Crippen LogP contribution in [-0.4, -0.2) is 29.5 Å². The fourth-order valence-corrected chi connectivity index (χ4v) is 3.09. The quantitative estimate of drug-likeness (QED) is 0.284. The standard InChI is InChI=1S/C22H18ClN3O3S/c1-29-20-16(5-3-7-19(20)14-8-10-17(23)11-9-14)13-24-26-22(30)25-18-6-2-4-15(12-18)21(27)28/h2-13H,1H3,(H,27,28)(H2,25,26,30)/b24-13-. The molecule has 0 aromatic heterocycles. The van der Waals surface area contributed by atoms with Crippen LogP contribution in [0, 0.1) is 0 Å². The molecule has 0 aliphatic carbocycles. The van der Waals surface area contributed by atoms with Gasteiger partial charge in [0.2, 0.25) is 0 Å². The van der Waals surface area contributed by atoms with E-state index in [0.29, 0.717) is 16.5 Å². The number of hydrogen-bond acceptors (Lipinski definition) is 4. The molecule has 3 rings (SSSR count). The highest BCUT2D eigenvalue weighted by atomic mass is 35.5. The van der Waals surface area contributed by atoms with Crippen LogP contribution in [0.3, 0.4) is 0 Å². The summed E-state index contributed by atoms with van der Waals surface area (Å²) in [6.07, 6.45) is 1.60. The number of para-hydroxylation sites is 1. The molecular formula is C22H18ClN3O3S. The van der Waals surface area contributed by atoms with Gasteiger partial charge in [0.25, 0.3) is 0 Å². The number of aromatic carboxylic acids is 1. The number of hydrogen-bond donors (Lipinski definition) is 3. The van der Waals surface area contributed by atoms with Crippen molar-refractivity contribution in [3.8, 4) is 16.9 Å². The number of anilines is 1. The zero-order valence-electron chi connectivity index (χ0n) is 15.9. The monoisotopic (exact) mass is 439 g/mol. The van der Waals surface area contributed by atoms with Gasteiger partial charge in [-0.25, -0.2) is 4.79 Å². The first-order valence-corrected chi connectivity index (χ1v) is 9.63. The molecule has 8 heteroatoms. The molecule has 0 saturated carbocycles. The number of rotatable bonds is 6. The van der Waals surface area contributed by atoms with Crippen LogP contribution in [0.1, 0.15) is 15.9 Å². The van der Waals surface area contributed by atoms with Gasteiger partial charge in [-0.1, -0.05) is 41.9 Å². The molecule has 6 nitrogen and oxygen atoms in total. The maximum Gasteiger partial charge on any atom is 0.335 e. The molecule has 30 heavy (non-hydrogen) atoms. The minimum Gasteiger partial charge on any atom is -0.495 e. The van der Waals surface area contributed by atoms with E-state index in [1.165, 1.54) is 12.1 Å². The van der Waals surface area contributed by atoms with Crippen LogP contribution in [0.4, 0.5) is 5.69 Å². The zero-order chi connectivity index (χ0) is 21.5. The van der Waals surface area contributed by atoms with Gasteiger partial charge in [-0.2, -0.15) is 5.10 Å². The molecule has 0 unspecified atom stereocenters. The number of thiocarbonyl (C=S) groups is 1. The Morgan fingerprint density at radius 2 is 1.87 bits per heavy atom. The highest BCUT2D eigenvalue weighted by Crippen LogP contribution is 2.32. The van der Waals surface area contributed by atoms with E-state index in [2.05, 4.69) is 15.8 Å². The Hall–Kier alpha value is -3.42. The van der Waals surface area contributed by atoms with Gasteiger partial charge in [-0.05, 0) is 54.2 Å². The number of carboxylic acids is 1. The third-order valence-corrected chi connectivity index (χ3v) is 4.59. The summed E-state index contributed by atoms with van der Waals surface area (Å²) in [5, 5.41) is 17.0. The molecule has 3 aromatic carbocycles. The van der Waals surface area contributed by atoms with Crippen molar-refractivity contribution in [2.45, 2.75) is 0 Å². The zero-order valence-corrected chi connectivity index (χ0v) is 17.5. The van der Waals surface area contributed by atoms with Gasteiger partial charge in [-0.3, -0.25) is 5.43 Å². The van der Waals surface area contributed by atoms with Crippen molar-refractivity contribution in [1.82, 2.24) is 5.43 Å². The average molecular weight is 440 g/mol. The minimum atomic E-state index is -1.01. The minimum absolute atomic E-state index is 0.162. The van der Waals surface area contributed by atoms with Gasteiger partial charge in [0.15, 0.2) is 5.11 Å². The molecule has 0 saturated heterocycles. The number of nitrogens with zero attached hydrogens (tertiary/aromatic N) is 1. The largest absolute Gasteiger partial charge is 0.495 e. The van der Waals surface area contributed by atoms with E-state index >= 15 is 0 Å². The lowest BCUT2D eigenvalue weighted by Crippen LogP contribution is -2.24. The van der Waals surface area contributed by atoms with E-state index < -0.39 is 5.97 Å². The average Bonchev–Trinajstić information content (AvgIpc) is 2.74. The van der Waals surface area contributed by atoms with Crippen molar-refractivity contribution >= 4 is 46.8 Å². The predicted octanol–water partition coefficient (Wildman–Crippen LogP) is 5.03. The predicted molar refractivity (Wildman–Crippen MR) is 124 cm³/mol. The van der Waals surface area contributed by atoms with E-state index in [0.717, 1.165) is 16.7 Å². The third-order valence-electron chi connectivity index (χ3n) is 4.14. The fraction of sp³-hybridized carbons (Fsp3) is 0.0455. The van der Waals surface area contributed by atoms with Gasteiger partial charge >= 0.3 is 5.97 Å². The van der Waals surface area contributed by atoms with E-state index in [1.54, 1.807) is 25.5 Å². The second-order valence-corrected chi connectivity index (χ2v) is 6.99. The number of ether oxygens (including phenoxy) is 1. The third kappa shape index (κ3) is 5.34. The Morgan fingerprint density at radius 1 is 1.13 bits per heavy atom. The Bertz CT molecular complexity index is 1100. The number of methoxy groups -OCH3 is 1. The molecular weight excluding hydrogens is 422 g/mol. The molecule has 3 aromatic rings. The van der Waals surface area contributed by atoms with Crippen LogP contribution in [0.15, 0.2) is 71.8 Å². The first kappa shape index (κ1) is 21.3. The molecule has 0 atom stereocenters. The molecule has 0 radical (unpaired) electrons. The summed E-state index contributed by atoms with van der Waals surface area (Å²) < 4.78 is 5.59. The molecule has 3 N–H and O–H groups in total. The van der Waals surface area contributed by atoms with E-state index in [1.807, 2.05) is 42.5 Å². The molecule has 0 heterocycles. The van der Waals surface area contributed by atoms with Gasteiger partial charge in [0, 0.05) is 21.8 Å². The number of carboxylic acid groups (broad SMARTS) is 1. The molecule has 0 spiro atoms. The Balaban J connectivity index is 1.72. The molecule has 0 aliphatic heterocycles. The van der Waals surface area contributed by atoms with Gasteiger partial charge in [0.05, 0.1) is 18.9 Å². The highest BCUT2D eigenvalue weighted by Gasteiger charge is 2.10. The Labute approximate surface area is 184 Å². The van der Waals surface area contributed by atoms with Crippen molar-refractivity contribution < 1.29 is 14.6 Å². The number of benzene rings is 3. The van der Waals surface area contributed by atoms with Gasteiger partial charge in [0.1, 0.15) is 5.75 Å². The van der Waals surface area contributed by atoms with E-state index in [4.69, 9.17) is 33.7 Å². The van der Waals surface area contributed by atoms with Crippen LogP contribution in [-0.2, 0) is 0 Å². The Kier molecular flexibility index (Phi) is 7.00. The van der Waals surface area contributed by atoms with Crippen molar-refractivity contribution in [2.24, 2.45) is 5.10 Å². The SMILES string of the molecule is COc1c(/C=N\NC(=S)Nc2cccc(C(=O)O)c2)cccc1-c1ccc(Cl)cc1. The second-order valence-electron chi connectivity index (χ2n) is 6.15. The summed E-state index contributed by atoms with van der Waals surface area (Å²) in [7, 11) is 1.60. The van der Waals surface area contributed by atoms with Crippen molar-refractivity contribution in [2.75, 3.05) is 12.4 Å². The lowest BCUT2D eigenvalue weighted by molar-refractivity contribution is 0.0697. The molecule has 0 aliphatic rings.